The maximum absolute atomic E-state index is 12.2. The van der Waals surface area contributed by atoms with Crippen LogP contribution in [0.15, 0.2) is 66.3 Å². The molecule has 1 N–H and O–H groups in total. The minimum absolute atomic E-state index is 0.0122. The molecular formula is C20H19N3O2S. The predicted molar refractivity (Wildman–Crippen MR) is 103 cm³/mol. The van der Waals surface area contributed by atoms with E-state index in [-0.39, 0.29) is 11.8 Å². The second-order valence-electron chi connectivity index (χ2n) is 5.87. The van der Waals surface area contributed by atoms with Crippen molar-refractivity contribution < 1.29 is 9.59 Å². The average Bonchev–Trinajstić information content (AvgIpc) is 3.17. The highest BCUT2D eigenvalue weighted by Gasteiger charge is 2.12. The van der Waals surface area contributed by atoms with Crippen LogP contribution in [0.1, 0.15) is 27.7 Å². The Morgan fingerprint density at radius 1 is 1.08 bits per heavy atom. The molecule has 2 heterocycles. The molecule has 0 unspecified atom stereocenters. The summed E-state index contributed by atoms with van der Waals surface area (Å²) in [6.45, 7) is 2.51. The number of carbonyl (C=O) groups excluding carboxylic acids is 2. The molecule has 3 rings (SSSR count). The molecule has 0 atom stereocenters. The van der Waals surface area contributed by atoms with Gasteiger partial charge in [-0.15, -0.1) is 11.3 Å². The zero-order valence-electron chi connectivity index (χ0n) is 14.4. The standard InChI is InChI=1S/C20H19N3O2S/c1-15(24)23(14-17-6-3-9-21-12-17)13-16-5-2-7-18(11-16)22-20(25)19-8-4-10-26-19/h2-12H,13-14H2,1H3,(H,22,25). The van der Waals surface area contributed by atoms with Crippen molar-refractivity contribution >= 4 is 28.8 Å². The summed E-state index contributed by atoms with van der Waals surface area (Å²) in [5.74, 6) is -0.141. The molecule has 0 radical (unpaired) electrons. The van der Waals surface area contributed by atoms with E-state index >= 15 is 0 Å². The third kappa shape index (κ3) is 4.77. The number of anilines is 1. The number of benzene rings is 1. The van der Waals surface area contributed by atoms with Gasteiger partial charge in [-0.3, -0.25) is 14.6 Å². The molecule has 2 aromatic heterocycles. The lowest BCUT2D eigenvalue weighted by atomic mass is 10.1. The van der Waals surface area contributed by atoms with E-state index in [1.165, 1.54) is 11.3 Å². The van der Waals surface area contributed by atoms with Crippen molar-refractivity contribution in [3.05, 3.63) is 82.3 Å². The van der Waals surface area contributed by atoms with E-state index in [1.807, 2.05) is 47.8 Å². The first-order valence-electron chi connectivity index (χ1n) is 8.20. The molecule has 0 aliphatic rings. The van der Waals surface area contributed by atoms with Gasteiger partial charge >= 0.3 is 0 Å². The Kier molecular flexibility index (Phi) is 5.76. The Morgan fingerprint density at radius 3 is 2.58 bits per heavy atom. The van der Waals surface area contributed by atoms with Crippen molar-refractivity contribution in [2.24, 2.45) is 0 Å². The number of rotatable bonds is 6. The molecular weight excluding hydrogens is 346 g/mol. The van der Waals surface area contributed by atoms with Crippen LogP contribution in [0, 0.1) is 0 Å². The van der Waals surface area contributed by atoms with Crippen molar-refractivity contribution in [1.82, 2.24) is 9.88 Å². The molecule has 26 heavy (non-hydrogen) atoms. The molecule has 0 bridgehead atoms. The van der Waals surface area contributed by atoms with Gasteiger partial charge in [-0.1, -0.05) is 24.3 Å². The number of thiophene rings is 1. The fourth-order valence-electron chi connectivity index (χ4n) is 2.56. The van der Waals surface area contributed by atoms with E-state index in [1.54, 1.807) is 30.3 Å². The fraction of sp³-hybridized carbons (Fsp3) is 0.150. The van der Waals surface area contributed by atoms with Crippen LogP contribution in [-0.2, 0) is 17.9 Å². The molecule has 2 amide bonds. The van der Waals surface area contributed by atoms with Gasteiger partial charge < -0.3 is 10.2 Å². The van der Waals surface area contributed by atoms with Crippen molar-refractivity contribution in [3.63, 3.8) is 0 Å². The highest BCUT2D eigenvalue weighted by Crippen LogP contribution is 2.17. The minimum atomic E-state index is -0.129. The molecule has 5 nitrogen and oxygen atoms in total. The van der Waals surface area contributed by atoms with Gasteiger partial charge in [-0.25, -0.2) is 0 Å². The van der Waals surface area contributed by atoms with Crippen LogP contribution in [0.2, 0.25) is 0 Å². The molecule has 0 saturated heterocycles. The van der Waals surface area contributed by atoms with Crippen molar-refractivity contribution in [2.45, 2.75) is 20.0 Å². The average molecular weight is 365 g/mol. The normalized spacial score (nSPS) is 10.3. The molecule has 0 spiro atoms. The molecule has 1 aromatic carbocycles. The van der Waals surface area contributed by atoms with Crippen LogP contribution in [0.4, 0.5) is 5.69 Å². The smallest absolute Gasteiger partial charge is 0.265 e. The number of aromatic nitrogens is 1. The Balaban J connectivity index is 1.70. The Labute approximate surface area is 156 Å². The summed E-state index contributed by atoms with van der Waals surface area (Å²) >= 11 is 1.40. The summed E-state index contributed by atoms with van der Waals surface area (Å²) < 4.78 is 0. The van der Waals surface area contributed by atoms with Gasteiger partial charge in [0.25, 0.3) is 5.91 Å². The summed E-state index contributed by atoms with van der Waals surface area (Å²) in [5, 5.41) is 4.76. The van der Waals surface area contributed by atoms with E-state index < -0.39 is 0 Å². The number of pyridine rings is 1. The van der Waals surface area contributed by atoms with Crippen molar-refractivity contribution in [3.8, 4) is 0 Å². The zero-order valence-corrected chi connectivity index (χ0v) is 15.2. The van der Waals surface area contributed by atoms with Gasteiger partial charge in [0, 0.05) is 38.1 Å². The highest BCUT2D eigenvalue weighted by molar-refractivity contribution is 7.12. The van der Waals surface area contributed by atoms with Gasteiger partial charge in [-0.05, 0) is 40.8 Å². The van der Waals surface area contributed by atoms with E-state index in [4.69, 9.17) is 0 Å². The van der Waals surface area contributed by atoms with Gasteiger partial charge in [0.1, 0.15) is 0 Å². The van der Waals surface area contributed by atoms with Crippen LogP contribution in [0.3, 0.4) is 0 Å². The van der Waals surface area contributed by atoms with E-state index in [0.717, 1.165) is 11.1 Å². The SMILES string of the molecule is CC(=O)N(Cc1cccnc1)Cc1cccc(NC(=O)c2cccs2)c1. The fourth-order valence-corrected chi connectivity index (χ4v) is 3.18. The van der Waals surface area contributed by atoms with Crippen LogP contribution >= 0.6 is 11.3 Å². The Bertz CT molecular complexity index is 879. The summed E-state index contributed by atoms with van der Waals surface area (Å²) in [7, 11) is 0. The molecule has 132 valence electrons. The molecule has 0 aliphatic heterocycles. The number of carbonyl (C=O) groups is 2. The summed E-state index contributed by atoms with van der Waals surface area (Å²) in [6, 6.07) is 15.0. The van der Waals surface area contributed by atoms with Crippen LogP contribution in [-0.4, -0.2) is 21.7 Å². The summed E-state index contributed by atoms with van der Waals surface area (Å²) in [4.78, 5) is 30.7. The number of nitrogens with zero attached hydrogens (tertiary/aromatic N) is 2. The lowest BCUT2D eigenvalue weighted by molar-refractivity contribution is -0.130. The lowest BCUT2D eigenvalue weighted by Crippen LogP contribution is -2.27. The number of amides is 2. The minimum Gasteiger partial charge on any atom is -0.334 e. The van der Waals surface area contributed by atoms with Gasteiger partial charge in [0.2, 0.25) is 5.91 Å². The molecule has 0 aliphatic carbocycles. The number of hydrogen-bond acceptors (Lipinski definition) is 4. The second kappa shape index (κ2) is 8.40. The first-order valence-corrected chi connectivity index (χ1v) is 9.08. The third-order valence-corrected chi connectivity index (χ3v) is 4.71. The first kappa shape index (κ1) is 17.8. The Hall–Kier alpha value is -2.99. The van der Waals surface area contributed by atoms with Crippen LogP contribution in [0.5, 0.6) is 0 Å². The number of hydrogen-bond donors (Lipinski definition) is 1. The van der Waals surface area contributed by atoms with Crippen molar-refractivity contribution in [2.75, 3.05) is 5.32 Å². The zero-order chi connectivity index (χ0) is 18.4. The summed E-state index contributed by atoms with van der Waals surface area (Å²) in [5.41, 5.74) is 2.64. The molecule has 0 saturated carbocycles. The maximum Gasteiger partial charge on any atom is 0.265 e. The predicted octanol–water partition coefficient (Wildman–Crippen LogP) is 3.94. The second-order valence-corrected chi connectivity index (χ2v) is 6.82. The number of nitrogens with one attached hydrogen (secondary N) is 1. The monoisotopic (exact) mass is 365 g/mol. The topological polar surface area (TPSA) is 62.3 Å². The maximum atomic E-state index is 12.2. The lowest BCUT2D eigenvalue weighted by Gasteiger charge is -2.21. The molecule has 3 aromatic rings. The van der Waals surface area contributed by atoms with Gasteiger partial charge in [-0.2, -0.15) is 0 Å². The van der Waals surface area contributed by atoms with Crippen LogP contribution < -0.4 is 5.32 Å². The Morgan fingerprint density at radius 2 is 1.88 bits per heavy atom. The van der Waals surface area contributed by atoms with Crippen LogP contribution in [0.25, 0.3) is 0 Å². The van der Waals surface area contributed by atoms with Gasteiger partial charge in [0.15, 0.2) is 0 Å². The first-order chi connectivity index (χ1) is 12.6. The van der Waals surface area contributed by atoms with Gasteiger partial charge in [0.05, 0.1) is 4.88 Å². The largest absolute Gasteiger partial charge is 0.334 e. The quantitative estimate of drug-likeness (QED) is 0.720. The summed E-state index contributed by atoms with van der Waals surface area (Å²) in [6.07, 6.45) is 3.47. The molecule has 0 fully saturated rings. The van der Waals surface area contributed by atoms with E-state index in [9.17, 15) is 9.59 Å². The van der Waals surface area contributed by atoms with Crippen molar-refractivity contribution in [1.29, 1.82) is 0 Å². The molecule has 6 heteroatoms. The highest BCUT2D eigenvalue weighted by atomic mass is 32.1. The van der Waals surface area contributed by atoms with E-state index in [2.05, 4.69) is 10.3 Å². The van der Waals surface area contributed by atoms with E-state index in [0.29, 0.717) is 23.7 Å². The third-order valence-electron chi connectivity index (χ3n) is 3.84.